The van der Waals surface area contributed by atoms with Gasteiger partial charge in [-0.1, -0.05) is 0 Å². The lowest BCUT2D eigenvalue weighted by atomic mass is 10.3. The number of rotatable bonds is 5. The molecular weight excluding hydrogens is 344 g/mol. The van der Waals surface area contributed by atoms with Crippen molar-refractivity contribution in [3.63, 3.8) is 0 Å². The summed E-state index contributed by atoms with van der Waals surface area (Å²) in [6.07, 6.45) is 0. The minimum absolute atomic E-state index is 0.0973. The maximum absolute atomic E-state index is 12.1. The first-order chi connectivity index (χ1) is 11.9. The van der Waals surface area contributed by atoms with E-state index in [2.05, 4.69) is 15.3 Å². The van der Waals surface area contributed by atoms with Crippen molar-refractivity contribution in [2.75, 3.05) is 6.61 Å². The number of thiazole rings is 1. The van der Waals surface area contributed by atoms with E-state index in [0.717, 1.165) is 21.3 Å². The van der Waals surface area contributed by atoms with Crippen molar-refractivity contribution in [3.05, 3.63) is 55.8 Å². The van der Waals surface area contributed by atoms with Crippen LogP contribution in [-0.2, 0) is 0 Å². The van der Waals surface area contributed by atoms with Gasteiger partial charge in [0.25, 0.3) is 11.5 Å². The molecule has 130 valence electrons. The number of aryl methyl sites for hydroxylation is 1. The summed E-state index contributed by atoms with van der Waals surface area (Å²) in [5, 5.41) is 3.65. The highest BCUT2D eigenvalue weighted by Crippen LogP contribution is 2.25. The predicted octanol–water partition coefficient (Wildman–Crippen LogP) is 1.18. The van der Waals surface area contributed by atoms with Gasteiger partial charge in [-0.05, 0) is 26.0 Å². The Hall–Kier alpha value is -2.94. The summed E-state index contributed by atoms with van der Waals surface area (Å²) in [7, 11) is 0. The lowest BCUT2D eigenvalue weighted by Gasteiger charge is -2.14. The van der Waals surface area contributed by atoms with Crippen molar-refractivity contribution >= 4 is 27.5 Å². The zero-order valence-electron chi connectivity index (χ0n) is 13.6. The number of aromatic amines is 2. The number of hydrogen-bond acceptors (Lipinski definition) is 6. The average molecular weight is 360 g/mol. The largest absolute Gasteiger partial charge is 0.491 e. The van der Waals surface area contributed by atoms with Crippen molar-refractivity contribution in [1.29, 1.82) is 0 Å². The molecule has 1 atom stereocenters. The third-order valence-corrected chi connectivity index (χ3v) is 4.30. The van der Waals surface area contributed by atoms with E-state index >= 15 is 0 Å². The van der Waals surface area contributed by atoms with Gasteiger partial charge in [0.15, 0.2) is 0 Å². The third kappa shape index (κ3) is 4.13. The van der Waals surface area contributed by atoms with E-state index in [9.17, 15) is 14.4 Å². The first-order valence-electron chi connectivity index (χ1n) is 7.55. The summed E-state index contributed by atoms with van der Waals surface area (Å²) in [6, 6.07) is 6.34. The Bertz CT molecular complexity index is 1010. The number of H-pyrrole nitrogens is 2. The quantitative estimate of drug-likeness (QED) is 0.632. The zero-order chi connectivity index (χ0) is 18.0. The topological polar surface area (TPSA) is 117 Å². The zero-order valence-corrected chi connectivity index (χ0v) is 14.4. The molecule has 8 nitrogen and oxygen atoms in total. The number of nitrogens with zero attached hydrogens (tertiary/aromatic N) is 1. The second kappa shape index (κ2) is 6.89. The molecule has 1 aromatic carbocycles. The molecule has 0 saturated heterocycles. The highest BCUT2D eigenvalue weighted by molar-refractivity contribution is 7.18. The second-order valence-corrected chi connectivity index (χ2v) is 6.78. The molecule has 3 aromatic rings. The van der Waals surface area contributed by atoms with Crippen LogP contribution in [0, 0.1) is 6.92 Å². The van der Waals surface area contributed by atoms with Crippen molar-refractivity contribution in [1.82, 2.24) is 20.3 Å². The number of carbonyl (C=O) groups is 1. The fourth-order valence-corrected chi connectivity index (χ4v) is 3.08. The Morgan fingerprint density at radius 2 is 2.12 bits per heavy atom. The van der Waals surface area contributed by atoms with Gasteiger partial charge >= 0.3 is 5.69 Å². The number of hydrogen-bond donors (Lipinski definition) is 3. The van der Waals surface area contributed by atoms with E-state index < -0.39 is 17.2 Å². The summed E-state index contributed by atoms with van der Waals surface area (Å²) in [4.78, 5) is 43.2. The lowest BCUT2D eigenvalue weighted by molar-refractivity contribution is 0.0921. The van der Waals surface area contributed by atoms with Gasteiger partial charge in [-0.15, -0.1) is 11.3 Å². The van der Waals surface area contributed by atoms with Crippen LogP contribution in [0.15, 0.2) is 33.9 Å². The molecule has 2 aromatic heterocycles. The number of benzene rings is 1. The molecule has 0 aliphatic carbocycles. The SMILES string of the molecule is Cc1nc2cc(OCC(C)NC(=O)c3cc(=O)[nH]c(=O)[nH]3)ccc2s1. The van der Waals surface area contributed by atoms with E-state index in [0.29, 0.717) is 5.75 Å². The van der Waals surface area contributed by atoms with Gasteiger partial charge in [-0.2, -0.15) is 0 Å². The van der Waals surface area contributed by atoms with Crippen molar-refractivity contribution < 1.29 is 9.53 Å². The maximum atomic E-state index is 12.1. The molecule has 0 radical (unpaired) electrons. The van der Waals surface area contributed by atoms with E-state index in [4.69, 9.17) is 4.74 Å². The van der Waals surface area contributed by atoms with Gasteiger partial charge in [0.05, 0.1) is 21.3 Å². The van der Waals surface area contributed by atoms with Gasteiger partial charge in [-0.3, -0.25) is 14.6 Å². The van der Waals surface area contributed by atoms with Crippen LogP contribution in [0.25, 0.3) is 10.2 Å². The van der Waals surface area contributed by atoms with E-state index in [1.54, 1.807) is 18.3 Å². The molecule has 2 heterocycles. The summed E-state index contributed by atoms with van der Waals surface area (Å²) < 4.78 is 6.77. The maximum Gasteiger partial charge on any atom is 0.326 e. The Morgan fingerprint density at radius 3 is 2.88 bits per heavy atom. The molecular formula is C16H16N4O4S. The minimum Gasteiger partial charge on any atom is -0.491 e. The fraction of sp³-hybridized carbons (Fsp3) is 0.250. The van der Waals surface area contributed by atoms with Crippen LogP contribution in [0.5, 0.6) is 5.75 Å². The number of fused-ring (bicyclic) bond motifs is 1. The molecule has 0 saturated carbocycles. The van der Waals surface area contributed by atoms with Crippen LogP contribution in [-0.4, -0.2) is 33.5 Å². The molecule has 9 heteroatoms. The number of nitrogens with one attached hydrogen (secondary N) is 3. The Labute approximate surface area is 145 Å². The van der Waals surface area contributed by atoms with Gasteiger partial charge in [-0.25, -0.2) is 9.78 Å². The molecule has 0 aliphatic heterocycles. The molecule has 0 bridgehead atoms. The summed E-state index contributed by atoms with van der Waals surface area (Å²) >= 11 is 1.61. The third-order valence-electron chi connectivity index (χ3n) is 3.35. The highest BCUT2D eigenvalue weighted by Gasteiger charge is 2.12. The van der Waals surface area contributed by atoms with E-state index in [1.807, 2.05) is 30.1 Å². The van der Waals surface area contributed by atoms with Crippen LogP contribution >= 0.6 is 11.3 Å². The molecule has 25 heavy (non-hydrogen) atoms. The standard InChI is InChI=1S/C16H16N4O4S/c1-8(17-15(22)12-6-14(21)20-16(23)19-12)7-24-10-3-4-13-11(5-10)18-9(2)25-13/h3-6,8H,7H2,1-2H3,(H,17,22)(H2,19,20,21,23). The van der Waals surface area contributed by atoms with E-state index in [1.165, 1.54) is 0 Å². The van der Waals surface area contributed by atoms with Crippen LogP contribution < -0.4 is 21.3 Å². The number of ether oxygens (including phenoxy) is 1. The number of aromatic nitrogens is 3. The Kier molecular flexibility index (Phi) is 4.66. The predicted molar refractivity (Wildman–Crippen MR) is 94.5 cm³/mol. The van der Waals surface area contributed by atoms with Gasteiger partial charge in [0, 0.05) is 12.1 Å². The smallest absolute Gasteiger partial charge is 0.326 e. The monoisotopic (exact) mass is 360 g/mol. The molecule has 0 aliphatic rings. The number of amides is 1. The molecule has 3 N–H and O–H groups in total. The van der Waals surface area contributed by atoms with Gasteiger partial charge < -0.3 is 15.0 Å². The highest BCUT2D eigenvalue weighted by atomic mass is 32.1. The van der Waals surface area contributed by atoms with Crippen LogP contribution in [0.2, 0.25) is 0 Å². The molecule has 0 fully saturated rings. The summed E-state index contributed by atoms with van der Waals surface area (Å²) in [5.41, 5.74) is -0.587. The van der Waals surface area contributed by atoms with E-state index in [-0.39, 0.29) is 18.3 Å². The van der Waals surface area contributed by atoms with Crippen molar-refractivity contribution in [2.45, 2.75) is 19.9 Å². The summed E-state index contributed by atoms with van der Waals surface area (Å²) in [5.74, 6) is 0.105. The van der Waals surface area contributed by atoms with Gasteiger partial charge in [0.2, 0.25) is 0 Å². The summed E-state index contributed by atoms with van der Waals surface area (Å²) in [6.45, 7) is 3.93. The number of carbonyl (C=O) groups excluding carboxylic acids is 1. The molecule has 3 rings (SSSR count). The lowest BCUT2D eigenvalue weighted by Crippen LogP contribution is -2.39. The van der Waals surface area contributed by atoms with Crippen molar-refractivity contribution in [3.8, 4) is 5.75 Å². The first kappa shape index (κ1) is 16.9. The van der Waals surface area contributed by atoms with Gasteiger partial charge in [0.1, 0.15) is 18.1 Å². The first-order valence-corrected chi connectivity index (χ1v) is 8.37. The normalized spacial score (nSPS) is 12.1. The van der Waals surface area contributed by atoms with Crippen LogP contribution in [0.3, 0.4) is 0 Å². The Balaban J connectivity index is 1.61. The molecule has 1 unspecified atom stereocenters. The fourth-order valence-electron chi connectivity index (χ4n) is 2.27. The second-order valence-electron chi connectivity index (χ2n) is 5.55. The minimum atomic E-state index is -0.728. The Morgan fingerprint density at radius 1 is 1.32 bits per heavy atom. The molecule has 1 amide bonds. The molecule has 0 spiro atoms. The van der Waals surface area contributed by atoms with Crippen molar-refractivity contribution in [2.24, 2.45) is 0 Å². The van der Waals surface area contributed by atoms with Crippen LogP contribution in [0.1, 0.15) is 22.4 Å². The average Bonchev–Trinajstić information content (AvgIpc) is 2.91. The van der Waals surface area contributed by atoms with Crippen LogP contribution in [0.4, 0.5) is 0 Å².